The largest absolute Gasteiger partial charge is 0.462 e. The van der Waals surface area contributed by atoms with Gasteiger partial charge in [-0.1, -0.05) is 49.1 Å². The van der Waals surface area contributed by atoms with Gasteiger partial charge in [0.15, 0.2) is 0 Å². The number of benzene rings is 1. The van der Waals surface area contributed by atoms with E-state index >= 15 is 0 Å². The van der Waals surface area contributed by atoms with E-state index in [4.69, 9.17) is 14.7 Å². The summed E-state index contributed by atoms with van der Waals surface area (Å²) in [6, 6.07) is 9.56. The number of ether oxygens (including phenoxy) is 1. The molecule has 0 N–H and O–H groups in total. The number of likely N-dealkylation sites (tertiary alicyclic amines) is 1. The van der Waals surface area contributed by atoms with Crippen LogP contribution in [0.25, 0.3) is 11.8 Å². The van der Waals surface area contributed by atoms with E-state index in [1.54, 1.807) is 0 Å². The molecule has 3 aliphatic heterocycles. The minimum absolute atomic E-state index is 0.0105. The van der Waals surface area contributed by atoms with Gasteiger partial charge in [0.05, 0.1) is 12.2 Å². The number of carbonyl (C=O) groups is 1. The van der Waals surface area contributed by atoms with Crippen LogP contribution in [0.2, 0.25) is 0 Å². The maximum Gasteiger partial charge on any atom is 0.318 e. The van der Waals surface area contributed by atoms with Gasteiger partial charge in [-0.05, 0) is 57.8 Å². The summed E-state index contributed by atoms with van der Waals surface area (Å²) in [6.07, 6.45) is 12.3. The molecule has 4 aliphatic rings. The molecule has 1 aromatic carbocycles. The smallest absolute Gasteiger partial charge is 0.318 e. The normalized spacial score (nSPS) is 22.9. The van der Waals surface area contributed by atoms with Gasteiger partial charge < -0.3 is 24.3 Å². The van der Waals surface area contributed by atoms with Crippen molar-refractivity contribution in [2.45, 2.75) is 51.2 Å². The van der Waals surface area contributed by atoms with Crippen molar-refractivity contribution in [1.82, 2.24) is 24.7 Å². The molecule has 4 heterocycles. The number of fused-ring (bicyclic) bond motifs is 2. The van der Waals surface area contributed by atoms with Crippen LogP contribution in [0.5, 0.6) is 6.01 Å². The third-order valence-corrected chi connectivity index (χ3v) is 8.81. The topological polar surface area (TPSA) is 65.0 Å². The van der Waals surface area contributed by atoms with Crippen LogP contribution in [-0.2, 0) is 17.8 Å². The number of piperazine rings is 1. The van der Waals surface area contributed by atoms with Crippen molar-refractivity contribution in [2.24, 2.45) is 0 Å². The molecular formula is C32H40N6O2. The zero-order chi connectivity index (χ0) is 27.6. The summed E-state index contributed by atoms with van der Waals surface area (Å²) in [7, 11) is 2.16. The third kappa shape index (κ3) is 5.24. The first-order chi connectivity index (χ1) is 19.5. The summed E-state index contributed by atoms with van der Waals surface area (Å²) in [4.78, 5) is 31.4. The number of likely N-dealkylation sites (N-methyl/N-ethyl adjacent to an activating group) is 1. The van der Waals surface area contributed by atoms with Crippen molar-refractivity contribution < 1.29 is 9.53 Å². The van der Waals surface area contributed by atoms with Gasteiger partial charge in [0.25, 0.3) is 0 Å². The van der Waals surface area contributed by atoms with Crippen molar-refractivity contribution in [3.05, 3.63) is 71.5 Å². The lowest BCUT2D eigenvalue weighted by Gasteiger charge is -2.41. The molecule has 210 valence electrons. The first-order valence-corrected chi connectivity index (χ1v) is 14.6. The molecular weight excluding hydrogens is 500 g/mol. The number of carbonyl (C=O) groups excluding carboxylic acids is 1. The number of allylic oxidation sites excluding steroid dienone is 2. The fourth-order valence-electron chi connectivity index (χ4n) is 6.54. The molecule has 1 amide bonds. The number of rotatable bonds is 6. The first-order valence-electron chi connectivity index (χ1n) is 14.6. The predicted octanol–water partition coefficient (Wildman–Crippen LogP) is 3.99. The molecule has 0 radical (unpaired) electrons. The Kier molecular flexibility index (Phi) is 7.61. The molecule has 6 rings (SSSR count). The number of hydrogen-bond donors (Lipinski definition) is 0. The van der Waals surface area contributed by atoms with Gasteiger partial charge in [0, 0.05) is 55.1 Å². The van der Waals surface area contributed by atoms with Crippen LogP contribution in [0.15, 0.2) is 49.1 Å². The fourth-order valence-corrected chi connectivity index (χ4v) is 6.54. The minimum atomic E-state index is -0.0105. The molecule has 0 spiro atoms. The average Bonchev–Trinajstić information content (AvgIpc) is 3.26. The number of amides is 1. The second-order valence-electron chi connectivity index (χ2n) is 11.4. The van der Waals surface area contributed by atoms with E-state index in [-0.39, 0.29) is 11.9 Å². The standard InChI is InChI=1S/C32H40N6O2/c1-4-30(39)38-19-18-37(20-23(38)2)31-27-15-17-36(29-14-8-6-11-24-10-5-7-13-26(24)29)21-28(27)33-32(34-31)40-22-25-12-9-16-35(25)3/h4-7,10-11,13-14,23,25H,1,8-9,12,15-22H2,2-3H3/t23-,25+/m1/s1. The second kappa shape index (κ2) is 11.5. The number of nitrogens with zero attached hydrogens (tertiary/aromatic N) is 6. The summed E-state index contributed by atoms with van der Waals surface area (Å²) in [5.41, 5.74) is 6.04. The van der Waals surface area contributed by atoms with Crippen LogP contribution in [-0.4, -0.2) is 89.0 Å². The highest BCUT2D eigenvalue weighted by Gasteiger charge is 2.32. The molecule has 2 saturated heterocycles. The lowest BCUT2D eigenvalue weighted by atomic mass is 9.99. The Bertz CT molecular complexity index is 1340. The van der Waals surface area contributed by atoms with E-state index in [1.807, 2.05) is 4.90 Å². The first kappa shape index (κ1) is 26.6. The Balaban J connectivity index is 1.30. The van der Waals surface area contributed by atoms with E-state index in [0.717, 1.165) is 63.5 Å². The van der Waals surface area contributed by atoms with E-state index in [1.165, 1.54) is 34.9 Å². The Morgan fingerprint density at radius 1 is 1.15 bits per heavy atom. The molecule has 2 aromatic rings. The van der Waals surface area contributed by atoms with Crippen LogP contribution < -0.4 is 9.64 Å². The van der Waals surface area contributed by atoms with Gasteiger partial charge in [0.1, 0.15) is 12.4 Å². The van der Waals surface area contributed by atoms with Crippen LogP contribution in [0.3, 0.4) is 0 Å². The van der Waals surface area contributed by atoms with Crippen molar-refractivity contribution in [3.63, 3.8) is 0 Å². The van der Waals surface area contributed by atoms with Crippen LogP contribution in [0.4, 0.5) is 5.82 Å². The highest BCUT2D eigenvalue weighted by Crippen LogP contribution is 2.35. The third-order valence-electron chi connectivity index (χ3n) is 8.81. The van der Waals surface area contributed by atoms with Gasteiger partial charge in [-0.2, -0.15) is 9.97 Å². The molecule has 2 atom stereocenters. The molecule has 0 bridgehead atoms. The van der Waals surface area contributed by atoms with Crippen LogP contribution >= 0.6 is 0 Å². The van der Waals surface area contributed by atoms with Crippen molar-refractivity contribution in [1.29, 1.82) is 0 Å². The average molecular weight is 541 g/mol. The molecule has 40 heavy (non-hydrogen) atoms. The maximum atomic E-state index is 12.4. The number of aromatic nitrogens is 2. The Hall–Kier alpha value is -3.65. The van der Waals surface area contributed by atoms with Gasteiger partial charge >= 0.3 is 6.01 Å². The molecule has 0 saturated carbocycles. The summed E-state index contributed by atoms with van der Waals surface area (Å²) < 4.78 is 6.31. The summed E-state index contributed by atoms with van der Waals surface area (Å²) in [5.74, 6) is 0.956. The number of hydrogen-bond acceptors (Lipinski definition) is 7. The lowest BCUT2D eigenvalue weighted by Crippen LogP contribution is -2.54. The van der Waals surface area contributed by atoms with Gasteiger partial charge in [-0.25, -0.2) is 0 Å². The SMILES string of the molecule is C=CC(=O)N1CCN(c2nc(OC[C@@H]3CCCN3C)nc3c2CCN(C2=CCC=Cc4ccccc42)C3)C[C@H]1C. The van der Waals surface area contributed by atoms with Crippen LogP contribution in [0.1, 0.15) is 48.6 Å². The second-order valence-corrected chi connectivity index (χ2v) is 11.4. The van der Waals surface area contributed by atoms with E-state index in [0.29, 0.717) is 25.2 Å². The maximum absolute atomic E-state index is 12.4. The Morgan fingerprint density at radius 2 is 2.02 bits per heavy atom. The zero-order valence-corrected chi connectivity index (χ0v) is 23.8. The van der Waals surface area contributed by atoms with E-state index in [9.17, 15) is 4.79 Å². The summed E-state index contributed by atoms with van der Waals surface area (Å²) >= 11 is 0. The Labute approximate surface area is 237 Å². The van der Waals surface area contributed by atoms with Gasteiger partial charge in [-0.15, -0.1) is 0 Å². The molecule has 1 aliphatic carbocycles. The molecule has 1 aromatic heterocycles. The fraction of sp³-hybridized carbons (Fsp3) is 0.469. The molecule has 0 unspecified atom stereocenters. The lowest BCUT2D eigenvalue weighted by molar-refractivity contribution is -0.128. The molecule has 2 fully saturated rings. The number of anilines is 1. The zero-order valence-electron chi connectivity index (χ0n) is 23.8. The molecule has 8 nitrogen and oxygen atoms in total. The highest BCUT2D eigenvalue weighted by atomic mass is 16.5. The predicted molar refractivity (Wildman–Crippen MR) is 159 cm³/mol. The monoisotopic (exact) mass is 540 g/mol. The van der Waals surface area contributed by atoms with Crippen molar-refractivity contribution in [3.8, 4) is 6.01 Å². The van der Waals surface area contributed by atoms with Gasteiger partial charge in [-0.3, -0.25) is 4.79 Å². The van der Waals surface area contributed by atoms with Crippen molar-refractivity contribution >= 4 is 23.5 Å². The summed E-state index contributed by atoms with van der Waals surface area (Å²) in [6.45, 7) is 11.2. The van der Waals surface area contributed by atoms with Crippen molar-refractivity contribution in [2.75, 3.05) is 51.3 Å². The van der Waals surface area contributed by atoms with E-state index < -0.39 is 0 Å². The minimum Gasteiger partial charge on any atom is -0.462 e. The van der Waals surface area contributed by atoms with Gasteiger partial charge in [0.2, 0.25) is 5.91 Å². The molecule has 8 heteroatoms. The Morgan fingerprint density at radius 3 is 2.83 bits per heavy atom. The summed E-state index contributed by atoms with van der Waals surface area (Å²) in [5, 5.41) is 0. The highest BCUT2D eigenvalue weighted by molar-refractivity contribution is 5.87. The van der Waals surface area contributed by atoms with E-state index in [2.05, 4.69) is 77.7 Å². The quantitative estimate of drug-likeness (QED) is 0.514. The van der Waals surface area contributed by atoms with Crippen LogP contribution in [0, 0.1) is 0 Å².